The van der Waals surface area contributed by atoms with Crippen LogP contribution in [0.5, 0.6) is 5.75 Å². The number of hydrogen-bond donors (Lipinski definition) is 0. The van der Waals surface area contributed by atoms with E-state index in [-0.39, 0.29) is 23.7 Å². The first-order chi connectivity index (χ1) is 12.7. The maximum absolute atomic E-state index is 12.7. The number of methoxy groups -OCH3 is 1. The van der Waals surface area contributed by atoms with Crippen LogP contribution < -0.4 is 4.74 Å². The minimum atomic E-state index is -0.321. The van der Waals surface area contributed by atoms with E-state index >= 15 is 0 Å². The molecule has 0 aliphatic carbocycles. The van der Waals surface area contributed by atoms with E-state index in [4.69, 9.17) is 9.47 Å². The van der Waals surface area contributed by atoms with Crippen molar-refractivity contribution in [3.63, 3.8) is 0 Å². The van der Waals surface area contributed by atoms with E-state index in [2.05, 4.69) is 27.7 Å². The first kappa shape index (κ1) is 21.5. The van der Waals surface area contributed by atoms with Crippen molar-refractivity contribution in [3.05, 3.63) is 33.7 Å². The van der Waals surface area contributed by atoms with E-state index in [1.807, 2.05) is 18.2 Å². The summed E-state index contributed by atoms with van der Waals surface area (Å²) in [7, 11) is 1.59. The molecule has 1 fully saturated rings. The molecule has 0 atom stereocenters. The van der Waals surface area contributed by atoms with Gasteiger partial charge in [0.25, 0.3) is 5.91 Å². The number of hydrogen-bond acceptors (Lipinski definition) is 5. The van der Waals surface area contributed by atoms with Gasteiger partial charge < -0.3 is 14.4 Å². The second kappa shape index (κ2) is 9.42. The molecule has 0 unspecified atom stereocenters. The minimum absolute atomic E-state index is 0.00523. The number of carbonyl (C=O) groups excluding carboxylic acids is 2. The van der Waals surface area contributed by atoms with Gasteiger partial charge >= 0.3 is 5.97 Å². The number of nitrogens with zero attached hydrogens (tertiary/aromatic N) is 1. The lowest BCUT2D eigenvalue weighted by Gasteiger charge is -2.27. The van der Waals surface area contributed by atoms with Crippen molar-refractivity contribution < 1.29 is 19.1 Å². The van der Waals surface area contributed by atoms with Crippen LogP contribution in [-0.4, -0.2) is 42.9 Å². The summed E-state index contributed by atoms with van der Waals surface area (Å²) in [5.41, 5.74) is 2.91. The Kier molecular flexibility index (Phi) is 7.50. The van der Waals surface area contributed by atoms with Gasteiger partial charge in [-0.3, -0.25) is 9.59 Å². The summed E-state index contributed by atoms with van der Waals surface area (Å²) >= 11 is 1.57. The standard InChI is InChI=1S/C21H29NO4S/c1-13(2)17-9-16(10-18(14(3)4)20(17)26-15(5)23)11-19-21(24)22(12-25-6)7-8-27-19/h9-11,13-14H,7-8,12H2,1-6H3. The molecule has 148 valence electrons. The highest BCUT2D eigenvalue weighted by molar-refractivity contribution is 8.04. The van der Waals surface area contributed by atoms with Crippen LogP contribution in [0.25, 0.3) is 6.08 Å². The van der Waals surface area contributed by atoms with E-state index in [0.29, 0.717) is 23.9 Å². The molecular weight excluding hydrogens is 362 g/mol. The van der Waals surface area contributed by atoms with Crippen LogP contribution in [0.2, 0.25) is 0 Å². The van der Waals surface area contributed by atoms with Crippen LogP contribution in [-0.2, 0) is 14.3 Å². The quantitative estimate of drug-likeness (QED) is 0.409. The van der Waals surface area contributed by atoms with Gasteiger partial charge in [0.05, 0.1) is 4.91 Å². The molecule has 1 aromatic carbocycles. The number of esters is 1. The molecule has 0 bridgehead atoms. The summed E-state index contributed by atoms with van der Waals surface area (Å²) in [6, 6.07) is 4.04. The van der Waals surface area contributed by atoms with Crippen LogP contribution in [0, 0.1) is 0 Å². The molecule has 1 aromatic rings. The lowest BCUT2D eigenvalue weighted by Crippen LogP contribution is -2.38. The summed E-state index contributed by atoms with van der Waals surface area (Å²) in [6.07, 6.45) is 1.93. The van der Waals surface area contributed by atoms with Crippen LogP contribution in [0.4, 0.5) is 0 Å². The van der Waals surface area contributed by atoms with Crippen molar-refractivity contribution in [1.82, 2.24) is 4.90 Å². The number of thioether (sulfide) groups is 1. The van der Waals surface area contributed by atoms with Crippen LogP contribution in [0.15, 0.2) is 17.0 Å². The summed E-state index contributed by atoms with van der Waals surface area (Å²) < 4.78 is 10.7. The van der Waals surface area contributed by atoms with E-state index in [0.717, 1.165) is 22.4 Å². The highest BCUT2D eigenvalue weighted by Gasteiger charge is 2.24. The molecule has 5 nitrogen and oxygen atoms in total. The van der Waals surface area contributed by atoms with Crippen LogP contribution in [0.1, 0.15) is 63.1 Å². The predicted molar refractivity (Wildman–Crippen MR) is 110 cm³/mol. The minimum Gasteiger partial charge on any atom is -0.426 e. The van der Waals surface area contributed by atoms with Gasteiger partial charge in [-0.15, -0.1) is 11.8 Å². The zero-order valence-electron chi connectivity index (χ0n) is 17.0. The third-order valence-electron chi connectivity index (χ3n) is 4.36. The van der Waals surface area contributed by atoms with Gasteiger partial charge in [-0.1, -0.05) is 27.7 Å². The first-order valence-electron chi connectivity index (χ1n) is 9.23. The van der Waals surface area contributed by atoms with E-state index in [1.54, 1.807) is 23.8 Å². The molecule has 1 aliphatic heterocycles. The Morgan fingerprint density at radius 2 is 1.81 bits per heavy atom. The fourth-order valence-electron chi connectivity index (χ4n) is 3.02. The fraction of sp³-hybridized carbons (Fsp3) is 0.524. The molecule has 6 heteroatoms. The summed E-state index contributed by atoms with van der Waals surface area (Å²) in [6.45, 7) is 10.7. The molecule has 1 saturated heterocycles. The summed E-state index contributed by atoms with van der Waals surface area (Å²) in [5, 5.41) is 0. The Morgan fingerprint density at radius 1 is 1.22 bits per heavy atom. The normalized spacial score (nSPS) is 16.5. The fourth-order valence-corrected chi connectivity index (χ4v) is 4.02. The zero-order chi connectivity index (χ0) is 20.1. The number of rotatable bonds is 6. The Hall–Kier alpha value is -1.79. The van der Waals surface area contributed by atoms with E-state index in [1.165, 1.54) is 6.92 Å². The maximum atomic E-state index is 12.7. The molecule has 0 spiro atoms. The van der Waals surface area contributed by atoms with Crippen molar-refractivity contribution in [1.29, 1.82) is 0 Å². The number of benzene rings is 1. The smallest absolute Gasteiger partial charge is 0.308 e. The molecule has 27 heavy (non-hydrogen) atoms. The predicted octanol–water partition coefficient (Wildman–Crippen LogP) is 4.38. The Bertz CT molecular complexity index is 709. The van der Waals surface area contributed by atoms with Gasteiger partial charge in [-0.25, -0.2) is 0 Å². The molecule has 2 rings (SSSR count). The first-order valence-corrected chi connectivity index (χ1v) is 10.2. The third-order valence-corrected chi connectivity index (χ3v) is 5.35. The van der Waals surface area contributed by atoms with Gasteiger partial charge in [0.2, 0.25) is 0 Å². The van der Waals surface area contributed by atoms with Crippen molar-refractivity contribution >= 4 is 29.7 Å². The monoisotopic (exact) mass is 391 g/mol. The van der Waals surface area contributed by atoms with E-state index < -0.39 is 0 Å². The Labute approximate surface area is 166 Å². The summed E-state index contributed by atoms with van der Waals surface area (Å²) in [5.74, 6) is 1.55. The lowest BCUT2D eigenvalue weighted by atomic mass is 9.91. The second-order valence-electron chi connectivity index (χ2n) is 7.27. The Balaban J connectivity index is 2.51. The molecular formula is C21H29NO4S. The van der Waals surface area contributed by atoms with Gasteiger partial charge in [-0.2, -0.15) is 0 Å². The highest BCUT2D eigenvalue weighted by atomic mass is 32.2. The van der Waals surface area contributed by atoms with Crippen LogP contribution in [0.3, 0.4) is 0 Å². The van der Waals surface area contributed by atoms with Gasteiger partial charge in [-0.05, 0) is 46.7 Å². The highest BCUT2D eigenvalue weighted by Crippen LogP contribution is 2.37. The number of amides is 1. The molecule has 1 heterocycles. The average molecular weight is 392 g/mol. The number of carbonyl (C=O) groups is 2. The van der Waals surface area contributed by atoms with Crippen LogP contribution >= 0.6 is 11.8 Å². The molecule has 0 N–H and O–H groups in total. The molecule has 1 aliphatic rings. The molecule has 0 aromatic heterocycles. The number of ether oxygens (including phenoxy) is 2. The molecule has 0 saturated carbocycles. The van der Waals surface area contributed by atoms with Crippen molar-refractivity contribution in [3.8, 4) is 5.75 Å². The van der Waals surface area contributed by atoms with Crippen molar-refractivity contribution in [2.24, 2.45) is 0 Å². The van der Waals surface area contributed by atoms with Crippen molar-refractivity contribution in [2.45, 2.75) is 46.5 Å². The van der Waals surface area contributed by atoms with Gasteiger partial charge in [0.1, 0.15) is 12.5 Å². The maximum Gasteiger partial charge on any atom is 0.308 e. The Morgan fingerprint density at radius 3 is 2.30 bits per heavy atom. The zero-order valence-corrected chi connectivity index (χ0v) is 17.8. The summed E-state index contributed by atoms with van der Waals surface area (Å²) in [4.78, 5) is 26.7. The van der Waals surface area contributed by atoms with Gasteiger partial charge in [0, 0.05) is 26.3 Å². The van der Waals surface area contributed by atoms with Crippen molar-refractivity contribution in [2.75, 3.05) is 26.1 Å². The lowest BCUT2D eigenvalue weighted by molar-refractivity contribution is -0.132. The molecule has 1 amide bonds. The largest absolute Gasteiger partial charge is 0.426 e. The molecule has 0 radical (unpaired) electrons. The van der Waals surface area contributed by atoms with E-state index in [9.17, 15) is 9.59 Å². The second-order valence-corrected chi connectivity index (χ2v) is 8.41. The average Bonchev–Trinajstić information content (AvgIpc) is 2.58. The third kappa shape index (κ3) is 5.36. The topological polar surface area (TPSA) is 55.8 Å². The van der Waals surface area contributed by atoms with Gasteiger partial charge in [0.15, 0.2) is 0 Å². The SMILES string of the molecule is COCN1CCSC(=Cc2cc(C(C)C)c(OC(C)=O)c(C(C)C)c2)C1=O.